The minimum Gasteiger partial charge on any atom is -0.481 e. The van der Waals surface area contributed by atoms with Crippen molar-refractivity contribution in [3.05, 3.63) is 113 Å². The summed E-state index contributed by atoms with van der Waals surface area (Å²) in [6.07, 6.45) is -1.88. The molecule has 388 valence electrons. The van der Waals surface area contributed by atoms with Crippen molar-refractivity contribution in [1.29, 1.82) is 0 Å². The molecule has 24 heteroatoms. The number of carbonyl (C=O) groups is 11. The van der Waals surface area contributed by atoms with Crippen LogP contribution in [-0.4, -0.2) is 127 Å². The Morgan fingerprint density at radius 1 is 0.534 bits per heavy atom. The van der Waals surface area contributed by atoms with E-state index in [4.69, 9.17) is 5.11 Å². The lowest BCUT2D eigenvalue weighted by Gasteiger charge is -2.20. The minimum absolute atomic E-state index is 0.0305. The van der Waals surface area contributed by atoms with Crippen molar-refractivity contribution in [3.8, 4) is 0 Å². The third kappa shape index (κ3) is 19.5. The molecule has 0 aliphatic rings. The Balaban J connectivity index is 1.33. The molecule has 73 heavy (non-hydrogen) atoms. The molecule has 0 aliphatic heterocycles. The number of carboxylic acids is 5. The van der Waals surface area contributed by atoms with Gasteiger partial charge in [0.15, 0.2) is 0 Å². The summed E-state index contributed by atoms with van der Waals surface area (Å²) in [6, 6.07) is 14.1. The summed E-state index contributed by atoms with van der Waals surface area (Å²) in [5.41, 5.74) is 1.17. The maximum Gasteiger partial charge on any atom is 0.326 e. The fraction of sp³-hybridized carbons (Fsp3) is 0.347. The zero-order chi connectivity index (χ0) is 53.6. The molecule has 6 amide bonds. The average Bonchev–Trinajstić information content (AvgIpc) is 3.34. The molecule has 11 N–H and O–H groups in total. The SMILES string of the molecule is O=C(O)CCC(NC(=O)NC(CCCCNC(=O)C(Cc1ccc2ccccc2c1)NC(=O)c1ccc(CNC(=O)C(CC(=O)O)CC(=O)CCC(NC(=O)c2ccc([18F])nc2)C(=O)O)cc1)C(=O)O)C(=O)O. The summed E-state index contributed by atoms with van der Waals surface area (Å²) in [6.45, 7) is -0.123. The molecule has 0 saturated heterocycles. The number of carboxylic acid groups (broad SMARTS) is 5. The second kappa shape index (κ2) is 28.1. The highest BCUT2D eigenvalue weighted by Gasteiger charge is 2.29. The number of hydrogen-bond acceptors (Lipinski definition) is 12. The van der Waals surface area contributed by atoms with Crippen molar-refractivity contribution in [2.24, 2.45) is 5.92 Å². The molecule has 1 aromatic heterocycles. The lowest BCUT2D eigenvalue weighted by molar-refractivity contribution is -0.142. The number of unbranched alkanes of at least 4 members (excludes halogenated alkanes) is 1. The van der Waals surface area contributed by atoms with Crippen LogP contribution in [0.5, 0.6) is 0 Å². The second-order valence-corrected chi connectivity index (χ2v) is 16.8. The normalized spacial score (nSPS) is 12.9. The molecular formula is C49H54FN7O16. The molecule has 5 atom stereocenters. The highest BCUT2D eigenvalue weighted by Crippen LogP contribution is 2.18. The van der Waals surface area contributed by atoms with Crippen molar-refractivity contribution in [3.63, 3.8) is 0 Å². The van der Waals surface area contributed by atoms with Gasteiger partial charge in [-0.2, -0.15) is 4.39 Å². The Labute approximate surface area is 415 Å². The highest BCUT2D eigenvalue weighted by molar-refractivity contribution is 5.98. The number of amides is 6. The van der Waals surface area contributed by atoms with Crippen molar-refractivity contribution in [2.75, 3.05) is 6.54 Å². The van der Waals surface area contributed by atoms with E-state index in [0.717, 1.165) is 29.1 Å². The van der Waals surface area contributed by atoms with Gasteiger partial charge in [0.05, 0.1) is 17.9 Å². The van der Waals surface area contributed by atoms with Gasteiger partial charge in [-0.25, -0.2) is 24.2 Å². The first-order valence-corrected chi connectivity index (χ1v) is 22.7. The van der Waals surface area contributed by atoms with Gasteiger partial charge in [0.2, 0.25) is 17.8 Å². The molecule has 0 saturated carbocycles. The molecule has 4 aromatic rings. The summed E-state index contributed by atoms with van der Waals surface area (Å²) in [4.78, 5) is 139. The van der Waals surface area contributed by atoms with E-state index < -0.39 is 140 Å². The molecule has 5 unspecified atom stereocenters. The number of ketones is 1. The van der Waals surface area contributed by atoms with Crippen LogP contribution in [0.25, 0.3) is 10.8 Å². The van der Waals surface area contributed by atoms with Crippen LogP contribution in [0.3, 0.4) is 0 Å². The number of aliphatic carboxylic acids is 5. The number of urea groups is 1. The van der Waals surface area contributed by atoms with E-state index in [1.54, 1.807) is 0 Å². The first-order chi connectivity index (χ1) is 34.7. The maximum atomic E-state index is 13.6. The van der Waals surface area contributed by atoms with Crippen LogP contribution in [0, 0.1) is 11.9 Å². The Bertz CT molecular complexity index is 2670. The fourth-order valence-electron chi connectivity index (χ4n) is 7.27. The number of fused-ring (bicyclic) bond motifs is 1. The first-order valence-electron chi connectivity index (χ1n) is 22.7. The number of pyridine rings is 1. The average molecular weight is 1020 g/mol. The van der Waals surface area contributed by atoms with Crippen molar-refractivity contribution in [1.82, 2.24) is 36.9 Å². The van der Waals surface area contributed by atoms with E-state index in [0.29, 0.717) is 11.1 Å². The van der Waals surface area contributed by atoms with Gasteiger partial charge in [0.25, 0.3) is 11.8 Å². The van der Waals surface area contributed by atoms with Crippen LogP contribution in [0.2, 0.25) is 0 Å². The van der Waals surface area contributed by atoms with Crippen LogP contribution in [0.15, 0.2) is 85.1 Å². The molecule has 0 fully saturated rings. The minimum atomic E-state index is -1.58. The van der Waals surface area contributed by atoms with Crippen LogP contribution < -0.4 is 31.9 Å². The predicted octanol–water partition coefficient (Wildman–Crippen LogP) is 2.40. The summed E-state index contributed by atoms with van der Waals surface area (Å²) < 4.78 is 13.1. The number of aromatic nitrogens is 1. The molecule has 0 spiro atoms. The molecule has 0 radical (unpaired) electrons. The van der Waals surface area contributed by atoms with Crippen LogP contribution in [0.1, 0.15) is 89.6 Å². The van der Waals surface area contributed by atoms with Crippen molar-refractivity contribution < 1.29 is 82.7 Å². The van der Waals surface area contributed by atoms with E-state index in [1.807, 2.05) is 47.8 Å². The van der Waals surface area contributed by atoms with Gasteiger partial charge in [-0.05, 0) is 78.3 Å². The number of rotatable bonds is 30. The predicted molar refractivity (Wildman–Crippen MR) is 253 cm³/mol. The number of carbonyl (C=O) groups excluding carboxylic acids is 6. The maximum absolute atomic E-state index is 13.6. The van der Waals surface area contributed by atoms with Gasteiger partial charge < -0.3 is 57.4 Å². The van der Waals surface area contributed by atoms with Gasteiger partial charge in [0.1, 0.15) is 30.0 Å². The van der Waals surface area contributed by atoms with E-state index in [1.165, 1.54) is 24.3 Å². The van der Waals surface area contributed by atoms with Gasteiger partial charge in [-0.15, -0.1) is 0 Å². The van der Waals surface area contributed by atoms with Gasteiger partial charge in [-0.3, -0.25) is 33.6 Å². The van der Waals surface area contributed by atoms with E-state index in [9.17, 15) is 77.6 Å². The van der Waals surface area contributed by atoms with Crippen LogP contribution >= 0.6 is 0 Å². The standard InChI is InChI=1S/C49H54FN7O16/c50-39-18-14-32(26-52-39)44(65)54-36(47(69)70)16-15-34(58)23-33(24-41(61)62)42(63)53-25-27-8-12-30(13-9-27)43(64)55-38(22-28-10-11-29-5-1-2-6-31(29)21-28)45(66)51-20-4-3-7-35(46(67)68)56-49(73)57-37(48(71)72)17-19-40(59)60/h1-2,5-6,8-14,18,21,26,33,35-38H,3-4,7,15-17,19-20,22-25H2,(H,51,66)(H,53,63)(H,54,65)(H,55,64)(H,59,60)(H,61,62)(H,67,68)(H,69,70)(H,71,72)(H2,56,57,73)/i50-1. The number of nitrogens with zero attached hydrogens (tertiary/aromatic N) is 1. The molecule has 0 aliphatic carbocycles. The molecule has 4 rings (SSSR count). The largest absolute Gasteiger partial charge is 0.481 e. The third-order valence-electron chi connectivity index (χ3n) is 11.2. The highest BCUT2D eigenvalue weighted by atomic mass is 18.2. The number of Topliss-reactive ketones (excluding diaryl/α,β-unsaturated/α-hetero) is 1. The quantitative estimate of drug-likeness (QED) is 0.0264. The second-order valence-electron chi connectivity index (χ2n) is 16.8. The topological polar surface area (TPSA) is 374 Å². The van der Waals surface area contributed by atoms with E-state index in [-0.39, 0.29) is 49.9 Å². The van der Waals surface area contributed by atoms with E-state index >= 15 is 0 Å². The molecule has 3 aromatic carbocycles. The summed E-state index contributed by atoms with van der Waals surface area (Å²) in [7, 11) is 0. The molecule has 0 bridgehead atoms. The zero-order valence-corrected chi connectivity index (χ0v) is 39.0. The number of halogens is 1. The Morgan fingerprint density at radius 3 is 1.73 bits per heavy atom. The zero-order valence-electron chi connectivity index (χ0n) is 39.0. The number of hydrogen-bond donors (Lipinski definition) is 11. The van der Waals surface area contributed by atoms with Crippen molar-refractivity contribution >= 4 is 76.1 Å². The van der Waals surface area contributed by atoms with Gasteiger partial charge in [0, 0.05) is 50.5 Å². The third-order valence-corrected chi connectivity index (χ3v) is 11.2. The molecular weight excluding hydrogens is 961 g/mol. The number of nitrogens with one attached hydrogen (secondary N) is 6. The van der Waals surface area contributed by atoms with Crippen LogP contribution in [-0.2, 0) is 51.3 Å². The smallest absolute Gasteiger partial charge is 0.326 e. The summed E-state index contributed by atoms with van der Waals surface area (Å²) in [5.74, 6) is -12.8. The Hall–Kier alpha value is -8.83. The van der Waals surface area contributed by atoms with Gasteiger partial charge >= 0.3 is 35.9 Å². The van der Waals surface area contributed by atoms with Crippen LogP contribution in [0.4, 0.5) is 9.18 Å². The lowest BCUT2D eigenvalue weighted by atomic mass is 9.94. The van der Waals surface area contributed by atoms with Crippen molar-refractivity contribution in [2.45, 2.75) is 94.9 Å². The molecule has 23 nitrogen and oxygen atoms in total. The lowest BCUT2D eigenvalue weighted by Crippen LogP contribution is -2.51. The Morgan fingerprint density at radius 2 is 1.11 bits per heavy atom. The monoisotopic (exact) mass is 1010 g/mol. The van der Waals surface area contributed by atoms with E-state index in [2.05, 4.69) is 31.6 Å². The number of benzene rings is 3. The first kappa shape index (κ1) is 56.8. The molecule has 1 heterocycles. The van der Waals surface area contributed by atoms with Gasteiger partial charge in [-0.1, -0.05) is 54.6 Å². The Kier molecular flexibility index (Phi) is 21.9. The summed E-state index contributed by atoms with van der Waals surface area (Å²) >= 11 is 0. The summed E-state index contributed by atoms with van der Waals surface area (Å²) in [5, 5.41) is 63.1. The fourth-order valence-corrected chi connectivity index (χ4v) is 7.27.